The molecule has 1 fully saturated rings. The zero-order valence-electron chi connectivity index (χ0n) is 9.89. The molecule has 19 heavy (non-hydrogen) atoms. The second-order valence-corrected chi connectivity index (χ2v) is 4.52. The van der Waals surface area contributed by atoms with Gasteiger partial charge in [-0.05, 0) is 25.1 Å². The third-order valence-corrected chi connectivity index (χ3v) is 3.03. The summed E-state index contributed by atoms with van der Waals surface area (Å²) in [7, 11) is 0. The predicted octanol–water partition coefficient (Wildman–Crippen LogP) is 1.76. The van der Waals surface area contributed by atoms with Crippen LogP contribution in [0, 0.1) is 10.1 Å². The van der Waals surface area contributed by atoms with Crippen LogP contribution in [-0.4, -0.2) is 30.0 Å². The van der Waals surface area contributed by atoms with Gasteiger partial charge in [0, 0.05) is 23.7 Å². The van der Waals surface area contributed by atoms with Crippen molar-refractivity contribution in [2.75, 3.05) is 13.1 Å². The summed E-state index contributed by atoms with van der Waals surface area (Å²) in [5.41, 5.74) is -0.234. The molecule has 6 nitrogen and oxygen atoms in total. The number of benzene rings is 1. The first-order valence-electron chi connectivity index (χ1n) is 5.53. The van der Waals surface area contributed by atoms with Crippen LogP contribution in [0.15, 0.2) is 18.2 Å². The zero-order chi connectivity index (χ0) is 13.1. The number of hydrogen-bond acceptors (Lipinski definition) is 4. The van der Waals surface area contributed by atoms with Crippen molar-refractivity contribution in [1.82, 2.24) is 10.6 Å². The fourth-order valence-electron chi connectivity index (χ4n) is 1.89. The van der Waals surface area contributed by atoms with Gasteiger partial charge in [-0.15, -0.1) is 12.4 Å². The summed E-state index contributed by atoms with van der Waals surface area (Å²) >= 11 is 5.69. The first-order valence-corrected chi connectivity index (χ1v) is 5.91. The molecular weight excluding hydrogens is 293 g/mol. The Morgan fingerprint density at radius 3 is 2.84 bits per heavy atom. The average Bonchev–Trinajstić information content (AvgIpc) is 2.81. The summed E-state index contributed by atoms with van der Waals surface area (Å²) in [4.78, 5) is 22.2. The van der Waals surface area contributed by atoms with Crippen molar-refractivity contribution in [2.24, 2.45) is 0 Å². The molecule has 1 aliphatic heterocycles. The van der Waals surface area contributed by atoms with Crippen molar-refractivity contribution in [3.8, 4) is 0 Å². The minimum absolute atomic E-state index is 0. The summed E-state index contributed by atoms with van der Waals surface area (Å²) in [5.74, 6) is -0.438. The van der Waals surface area contributed by atoms with Gasteiger partial charge < -0.3 is 10.6 Å². The maximum Gasteiger partial charge on any atom is 0.283 e. The first kappa shape index (κ1) is 15.7. The summed E-state index contributed by atoms with van der Waals surface area (Å²) in [6.45, 7) is 1.53. The van der Waals surface area contributed by atoms with Gasteiger partial charge in [0.15, 0.2) is 0 Å². The number of carbonyl (C=O) groups is 1. The maximum absolute atomic E-state index is 12.0. The van der Waals surface area contributed by atoms with Gasteiger partial charge in [-0.25, -0.2) is 0 Å². The Morgan fingerprint density at radius 1 is 1.53 bits per heavy atom. The van der Waals surface area contributed by atoms with Crippen molar-refractivity contribution in [3.63, 3.8) is 0 Å². The Balaban J connectivity index is 0.00000180. The lowest BCUT2D eigenvalue weighted by atomic mass is 10.1. The van der Waals surface area contributed by atoms with Crippen LogP contribution >= 0.6 is 24.0 Å². The Kier molecular flexibility index (Phi) is 5.53. The van der Waals surface area contributed by atoms with Crippen LogP contribution in [0.2, 0.25) is 5.02 Å². The normalized spacial score (nSPS) is 17.6. The summed E-state index contributed by atoms with van der Waals surface area (Å²) < 4.78 is 0. The molecule has 1 saturated heterocycles. The van der Waals surface area contributed by atoms with Gasteiger partial charge >= 0.3 is 0 Å². The van der Waals surface area contributed by atoms with E-state index in [0.717, 1.165) is 13.0 Å². The third kappa shape index (κ3) is 3.79. The molecule has 1 unspecified atom stereocenters. The van der Waals surface area contributed by atoms with Crippen LogP contribution in [0.5, 0.6) is 0 Å². The Hall–Kier alpha value is -1.37. The summed E-state index contributed by atoms with van der Waals surface area (Å²) in [6.07, 6.45) is 0.827. The summed E-state index contributed by atoms with van der Waals surface area (Å²) in [5, 5.41) is 17.0. The van der Waals surface area contributed by atoms with Crippen molar-refractivity contribution >= 4 is 35.6 Å². The van der Waals surface area contributed by atoms with Crippen LogP contribution < -0.4 is 10.6 Å². The highest BCUT2D eigenvalue weighted by Gasteiger charge is 2.23. The highest BCUT2D eigenvalue weighted by atomic mass is 35.5. The van der Waals surface area contributed by atoms with E-state index in [2.05, 4.69) is 10.6 Å². The van der Waals surface area contributed by atoms with Gasteiger partial charge in [0.1, 0.15) is 5.56 Å². The molecule has 1 aliphatic rings. The molecular formula is C11H13Cl2N3O3. The van der Waals surface area contributed by atoms with E-state index in [1.807, 2.05) is 0 Å². The van der Waals surface area contributed by atoms with Gasteiger partial charge in [0.25, 0.3) is 11.6 Å². The lowest BCUT2D eigenvalue weighted by Crippen LogP contribution is -2.36. The van der Waals surface area contributed by atoms with Gasteiger partial charge in [-0.1, -0.05) is 11.6 Å². The van der Waals surface area contributed by atoms with Crippen molar-refractivity contribution < 1.29 is 9.72 Å². The lowest BCUT2D eigenvalue weighted by Gasteiger charge is -2.11. The van der Waals surface area contributed by atoms with E-state index in [-0.39, 0.29) is 34.7 Å². The van der Waals surface area contributed by atoms with E-state index < -0.39 is 10.8 Å². The van der Waals surface area contributed by atoms with E-state index in [9.17, 15) is 14.9 Å². The number of nitro benzene ring substituents is 1. The van der Waals surface area contributed by atoms with Crippen LogP contribution in [0.25, 0.3) is 0 Å². The average molecular weight is 306 g/mol. The number of carbonyl (C=O) groups excluding carboxylic acids is 1. The number of hydrogen-bond donors (Lipinski definition) is 2. The molecule has 8 heteroatoms. The van der Waals surface area contributed by atoms with Crippen molar-refractivity contribution in [3.05, 3.63) is 38.9 Å². The molecule has 0 saturated carbocycles. The minimum Gasteiger partial charge on any atom is -0.348 e. The standard InChI is InChI=1S/C11H12ClN3O3.ClH/c12-7-1-2-9(10(5-7)15(17)18)11(16)14-8-3-4-13-6-8;/h1-2,5,8,13H,3-4,6H2,(H,14,16);1H. The number of rotatable bonds is 3. The zero-order valence-corrected chi connectivity index (χ0v) is 11.5. The van der Waals surface area contributed by atoms with E-state index in [0.29, 0.717) is 6.54 Å². The molecule has 2 N–H and O–H groups in total. The number of halogens is 2. The second-order valence-electron chi connectivity index (χ2n) is 4.08. The highest BCUT2D eigenvalue weighted by molar-refractivity contribution is 6.31. The number of amides is 1. The molecule has 104 valence electrons. The quantitative estimate of drug-likeness (QED) is 0.658. The van der Waals surface area contributed by atoms with Gasteiger partial charge in [0.05, 0.1) is 4.92 Å². The summed E-state index contributed by atoms with van der Waals surface area (Å²) in [6, 6.07) is 4.05. The van der Waals surface area contributed by atoms with Gasteiger partial charge in [0.2, 0.25) is 0 Å². The third-order valence-electron chi connectivity index (χ3n) is 2.80. The smallest absolute Gasteiger partial charge is 0.283 e. The molecule has 1 heterocycles. The molecule has 0 aliphatic carbocycles. The van der Waals surface area contributed by atoms with E-state index in [4.69, 9.17) is 11.6 Å². The van der Waals surface area contributed by atoms with Crippen LogP contribution in [0.1, 0.15) is 16.8 Å². The monoisotopic (exact) mass is 305 g/mol. The fourth-order valence-corrected chi connectivity index (χ4v) is 2.06. The molecule has 1 atom stereocenters. The predicted molar refractivity (Wildman–Crippen MR) is 74.1 cm³/mol. The van der Waals surface area contributed by atoms with Crippen molar-refractivity contribution in [2.45, 2.75) is 12.5 Å². The molecule has 2 rings (SSSR count). The Bertz CT molecular complexity index is 490. The molecule has 1 amide bonds. The van der Waals surface area contributed by atoms with Crippen LogP contribution in [-0.2, 0) is 0 Å². The number of nitrogens with one attached hydrogen (secondary N) is 2. The number of nitro groups is 1. The van der Waals surface area contributed by atoms with Crippen molar-refractivity contribution in [1.29, 1.82) is 0 Å². The second kappa shape index (κ2) is 6.70. The van der Waals surface area contributed by atoms with Gasteiger partial charge in [-0.2, -0.15) is 0 Å². The minimum atomic E-state index is -0.603. The molecule has 0 aromatic heterocycles. The molecule has 0 radical (unpaired) electrons. The van der Waals surface area contributed by atoms with E-state index in [1.54, 1.807) is 0 Å². The first-order chi connectivity index (χ1) is 8.58. The number of nitrogens with zero attached hydrogens (tertiary/aromatic N) is 1. The SMILES string of the molecule is Cl.O=C(NC1CCNC1)c1ccc(Cl)cc1[N+](=O)[O-]. The topological polar surface area (TPSA) is 84.3 Å². The van der Waals surface area contributed by atoms with E-state index in [1.165, 1.54) is 18.2 Å². The maximum atomic E-state index is 12.0. The Morgan fingerprint density at radius 2 is 2.26 bits per heavy atom. The van der Waals surface area contributed by atoms with E-state index >= 15 is 0 Å². The largest absolute Gasteiger partial charge is 0.348 e. The molecule has 0 spiro atoms. The molecule has 1 aromatic rings. The Labute approximate surface area is 121 Å². The fraction of sp³-hybridized carbons (Fsp3) is 0.364. The molecule has 0 bridgehead atoms. The molecule has 1 aromatic carbocycles. The highest BCUT2D eigenvalue weighted by Crippen LogP contribution is 2.23. The van der Waals surface area contributed by atoms with Crippen LogP contribution in [0.3, 0.4) is 0 Å². The van der Waals surface area contributed by atoms with Gasteiger partial charge in [-0.3, -0.25) is 14.9 Å². The van der Waals surface area contributed by atoms with Crippen LogP contribution in [0.4, 0.5) is 5.69 Å². The lowest BCUT2D eigenvalue weighted by molar-refractivity contribution is -0.385.